The fraction of sp³-hybridized carbons (Fsp3) is 0.600. The van der Waals surface area contributed by atoms with Crippen LogP contribution in [0.25, 0.3) is 0 Å². The Hall–Kier alpha value is -2.23. The van der Waals surface area contributed by atoms with E-state index in [2.05, 4.69) is 15.5 Å². The molecule has 0 spiro atoms. The molecule has 25 heavy (non-hydrogen) atoms. The Morgan fingerprint density at radius 3 is 2.32 bits per heavy atom. The van der Waals surface area contributed by atoms with Crippen LogP contribution >= 0.6 is 0 Å². The molecule has 9 nitrogen and oxygen atoms in total. The number of carbonyl (C=O) groups excluding carboxylic acids is 2. The smallest absolute Gasteiger partial charge is 0.274 e. The average Bonchev–Trinajstić information content (AvgIpc) is 2.93. The third-order valence-corrected chi connectivity index (χ3v) is 6.25. The summed E-state index contributed by atoms with van der Waals surface area (Å²) in [7, 11) is -2.96. The van der Waals surface area contributed by atoms with Crippen molar-refractivity contribution in [1.29, 1.82) is 0 Å². The Kier molecular flexibility index (Phi) is 4.89. The predicted molar refractivity (Wildman–Crippen MR) is 90.9 cm³/mol. The van der Waals surface area contributed by atoms with E-state index in [-0.39, 0.29) is 35.1 Å². The number of carbonyl (C=O) groups is 2. The third kappa shape index (κ3) is 4.25. The fourth-order valence-electron chi connectivity index (χ4n) is 3.03. The van der Waals surface area contributed by atoms with Gasteiger partial charge in [-0.25, -0.2) is 8.42 Å². The van der Waals surface area contributed by atoms with Crippen LogP contribution < -0.4 is 5.32 Å². The minimum Gasteiger partial charge on any atom is -0.365 e. The molecule has 136 valence electrons. The van der Waals surface area contributed by atoms with Crippen molar-refractivity contribution in [2.24, 2.45) is 0 Å². The Bertz CT molecular complexity index is 757. The van der Waals surface area contributed by atoms with Gasteiger partial charge < -0.3 is 15.1 Å². The van der Waals surface area contributed by atoms with Gasteiger partial charge in [-0.2, -0.15) is 0 Å². The molecule has 0 bridgehead atoms. The summed E-state index contributed by atoms with van der Waals surface area (Å²) in [6.45, 7) is 3.50. The van der Waals surface area contributed by atoms with Crippen LogP contribution in [0.1, 0.15) is 23.8 Å². The largest absolute Gasteiger partial charge is 0.365 e. The van der Waals surface area contributed by atoms with E-state index in [4.69, 9.17) is 0 Å². The minimum atomic E-state index is -2.96. The molecule has 2 fully saturated rings. The number of hydrogen-bond acceptors (Lipinski definition) is 7. The number of anilines is 1. The van der Waals surface area contributed by atoms with Gasteiger partial charge >= 0.3 is 0 Å². The van der Waals surface area contributed by atoms with Gasteiger partial charge in [-0.3, -0.25) is 9.59 Å². The zero-order valence-corrected chi connectivity index (χ0v) is 14.8. The Balaban J connectivity index is 1.57. The monoisotopic (exact) mass is 367 g/mol. The maximum absolute atomic E-state index is 12.4. The van der Waals surface area contributed by atoms with E-state index >= 15 is 0 Å². The third-order valence-electron chi connectivity index (χ3n) is 4.48. The van der Waals surface area contributed by atoms with Gasteiger partial charge in [0.2, 0.25) is 5.91 Å². The van der Waals surface area contributed by atoms with Crippen molar-refractivity contribution >= 4 is 27.5 Å². The molecule has 0 saturated carbocycles. The lowest BCUT2D eigenvalue weighted by molar-refractivity contribution is -0.130. The molecule has 3 heterocycles. The summed E-state index contributed by atoms with van der Waals surface area (Å²) in [5.41, 5.74) is 0.237. The van der Waals surface area contributed by atoms with Crippen LogP contribution in [-0.2, 0) is 14.6 Å². The van der Waals surface area contributed by atoms with Crippen LogP contribution in [0.3, 0.4) is 0 Å². The predicted octanol–water partition coefficient (Wildman–Crippen LogP) is -0.620. The number of rotatable bonds is 3. The van der Waals surface area contributed by atoms with Gasteiger partial charge in [0.1, 0.15) is 5.82 Å². The molecule has 1 N–H and O–H groups in total. The molecule has 1 unspecified atom stereocenters. The molecule has 0 radical (unpaired) electrons. The molecule has 0 aromatic carbocycles. The summed E-state index contributed by atoms with van der Waals surface area (Å²) < 4.78 is 22.9. The van der Waals surface area contributed by atoms with Crippen LogP contribution in [0.15, 0.2) is 12.1 Å². The summed E-state index contributed by atoms with van der Waals surface area (Å²) in [6, 6.07) is 3.05. The number of piperazine rings is 1. The van der Waals surface area contributed by atoms with Crippen molar-refractivity contribution in [2.75, 3.05) is 43.0 Å². The minimum absolute atomic E-state index is 0.0104. The first-order valence-electron chi connectivity index (χ1n) is 8.19. The van der Waals surface area contributed by atoms with Gasteiger partial charge in [0.15, 0.2) is 15.5 Å². The van der Waals surface area contributed by atoms with E-state index in [0.29, 0.717) is 38.4 Å². The fourth-order valence-corrected chi connectivity index (χ4v) is 4.70. The second-order valence-corrected chi connectivity index (χ2v) is 8.58. The van der Waals surface area contributed by atoms with E-state index in [1.165, 1.54) is 6.92 Å². The second-order valence-electron chi connectivity index (χ2n) is 6.35. The molecule has 10 heteroatoms. The average molecular weight is 367 g/mol. The topological polar surface area (TPSA) is 113 Å². The number of nitrogens with one attached hydrogen (secondary N) is 1. The lowest BCUT2D eigenvalue weighted by atomic mass is 10.2. The van der Waals surface area contributed by atoms with Gasteiger partial charge in [0.05, 0.1) is 11.5 Å². The Labute approximate surface area is 146 Å². The summed E-state index contributed by atoms with van der Waals surface area (Å²) in [5.74, 6) is 0.526. The summed E-state index contributed by atoms with van der Waals surface area (Å²) in [6.07, 6.45) is 0.547. The molecule has 2 aliphatic heterocycles. The van der Waals surface area contributed by atoms with Gasteiger partial charge in [-0.15, -0.1) is 10.2 Å². The van der Waals surface area contributed by atoms with Crippen LogP contribution in [0.5, 0.6) is 0 Å². The van der Waals surface area contributed by atoms with Crippen molar-refractivity contribution in [3.63, 3.8) is 0 Å². The SMILES string of the molecule is CC(=O)N1CCN(C(=O)c2ccc(NC3CCS(=O)(=O)C3)nn2)CC1. The zero-order chi connectivity index (χ0) is 18.0. The standard InChI is InChI=1S/C15H21N5O4S/c1-11(21)19-5-7-20(8-6-19)15(22)13-2-3-14(18-17-13)16-12-4-9-25(23,24)10-12/h2-3,12H,4-10H2,1H3,(H,16,18). The van der Waals surface area contributed by atoms with Crippen molar-refractivity contribution < 1.29 is 18.0 Å². The molecule has 1 atom stereocenters. The van der Waals surface area contributed by atoms with Gasteiger partial charge in [-0.05, 0) is 18.6 Å². The second kappa shape index (κ2) is 6.95. The molecule has 2 saturated heterocycles. The van der Waals surface area contributed by atoms with Crippen LogP contribution in [0.4, 0.5) is 5.82 Å². The Morgan fingerprint density at radius 2 is 1.80 bits per heavy atom. The first-order valence-corrected chi connectivity index (χ1v) is 10.0. The summed E-state index contributed by atoms with van der Waals surface area (Å²) in [4.78, 5) is 27.1. The molecule has 3 rings (SSSR count). The highest BCUT2D eigenvalue weighted by atomic mass is 32.2. The van der Waals surface area contributed by atoms with Crippen molar-refractivity contribution in [3.05, 3.63) is 17.8 Å². The number of nitrogens with zero attached hydrogens (tertiary/aromatic N) is 4. The quantitative estimate of drug-likeness (QED) is 0.757. The van der Waals surface area contributed by atoms with Gasteiger partial charge in [-0.1, -0.05) is 0 Å². The van der Waals surface area contributed by atoms with Gasteiger partial charge in [0, 0.05) is 39.1 Å². The van der Waals surface area contributed by atoms with E-state index in [1.807, 2.05) is 0 Å². The van der Waals surface area contributed by atoms with Gasteiger partial charge in [0.25, 0.3) is 5.91 Å². The summed E-state index contributed by atoms with van der Waals surface area (Å²) in [5, 5.41) is 11.0. The Morgan fingerprint density at radius 1 is 1.12 bits per heavy atom. The summed E-state index contributed by atoms with van der Waals surface area (Å²) >= 11 is 0. The van der Waals surface area contributed by atoms with E-state index in [0.717, 1.165) is 0 Å². The van der Waals surface area contributed by atoms with Crippen LogP contribution in [-0.4, -0.2) is 84.0 Å². The van der Waals surface area contributed by atoms with E-state index in [1.54, 1.807) is 21.9 Å². The number of hydrogen-bond donors (Lipinski definition) is 1. The highest BCUT2D eigenvalue weighted by Gasteiger charge is 2.28. The first-order chi connectivity index (χ1) is 11.8. The maximum Gasteiger partial charge on any atom is 0.274 e. The highest BCUT2D eigenvalue weighted by molar-refractivity contribution is 7.91. The maximum atomic E-state index is 12.4. The van der Waals surface area contributed by atoms with E-state index in [9.17, 15) is 18.0 Å². The number of aromatic nitrogens is 2. The molecule has 1 aromatic rings. The molecular weight excluding hydrogens is 346 g/mol. The highest BCUT2D eigenvalue weighted by Crippen LogP contribution is 2.16. The molecule has 1 aromatic heterocycles. The van der Waals surface area contributed by atoms with E-state index < -0.39 is 9.84 Å². The zero-order valence-electron chi connectivity index (χ0n) is 14.0. The first kappa shape index (κ1) is 17.6. The molecule has 2 aliphatic rings. The number of amides is 2. The molecular formula is C15H21N5O4S. The molecule has 0 aliphatic carbocycles. The van der Waals surface area contributed by atoms with Crippen molar-refractivity contribution in [3.8, 4) is 0 Å². The van der Waals surface area contributed by atoms with Crippen LogP contribution in [0, 0.1) is 0 Å². The number of sulfone groups is 1. The van der Waals surface area contributed by atoms with Crippen molar-refractivity contribution in [1.82, 2.24) is 20.0 Å². The lowest BCUT2D eigenvalue weighted by Gasteiger charge is -2.33. The van der Waals surface area contributed by atoms with Crippen LogP contribution in [0.2, 0.25) is 0 Å². The lowest BCUT2D eigenvalue weighted by Crippen LogP contribution is -2.50. The molecule has 2 amide bonds. The normalized spacial score (nSPS) is 22.7. The van der Waals surface area contributed by atoms with Crippen molar-refractivity contribution in [2.45, 2.75) is 19.4 Å².